The molecule has 0 saturated heterocycles. The summed E-state index contributed by atoms with van der Waals surface area (Å²) < 4.78 is 38.2. The molecular formula is C25H23F3N2. The van der Waals surface area contributed by atoms with Gasteiger partial charge in [0.05, 0.1) is 5.56 Å². The molecule has 0 unspecified atom stereocenters. The van der Waals surface area contributed by atoms with Crippen LogP contribution in [0.2, 0.25) is 0 Å². The van der Waals surface area contributed by atoms with Gasteiger partial charge in [0, 0.05) is 32.0 Å². The first-order chi connectivity index (χ1) is 14.5. The standard InChI is InChI=1S/C25H23F3N2/c26-25(27,28)24-8-6-20(7-9-24)21-11-15-30(16-12-21)14-10-19-3-1-4-22(17-19)23-5-2-13-29-18-23/h1-9,11,13,17-18H,10,12,14-16H2. The Morgan fingerprint density at radius 2 is 1.70 bits per heavy atom. The zero-order valence-electron chi connectivity index (χ0n) is 16.6. The molecule has 0 radical (unpaired) electrons. The minimum atomic E-state index is -4.29. The van der Waals surface area contributed by atoms with Gasteiger partial charge in [0.1, 0.15) is 0 Å². The van der Waals surface area contributed by atoms with Crippen LogP contribution in [0.3, 0.4) is 0 Å². The SMILES string of the molecule is FC(F)(F)c1ccc(C2=CCN(CCc3cccc(-c4cccnc4)c3)CC2)cc1. The van der Waals surface area contributed by atoms with Crippen LogP contribution in [0.15, 0.2) is 79.1 Å². The lowest BCUT2D eigenvalue weighted by Crippen LogP contribution is -2.30. The van der Waals surface area contributed by atoms with Crippen molar-refractivity contribution in [1.82, 2.24) is 9.88 Å². The largest absolute Gasteiger partial charge is 0.416 e. The van der Waals surface area contributed by atoms with Crippen molar-refractivity contribution >= 4 is 5.57 Å². The fourth-order valence-electron chi connectivity index (χ4n) is 3.78. The lowest BCUT2D eigenvalue weighted by Gasteiger charge is -2.26. The van der Waals surface area contributed by atoms with E-state index in [0.717, 1.165) is 61.3 Å². The second kappa shape index (κ2) is 8.84. The van der Waals surface area contributed by atoms with E-state index in [1.54, 1.807) is 18.3 Å². The van der Waals surface area contributed by atoms with Crippen LogP contribution in [0.4, 0.5) is 13.2 Å². The van der Waals surface area contributed by atoms with E-state index in [9.17, 15) is 13.2 Å². The van der Waals surface area contributed by atoms with Crippen molar-refractivity contribution in [3.05, 3.63) is 95.8 Å². The minimum absolute atomic E-state index is 0.599. The number of aromatic nitrogens is 1. The van der Waals surface area contributed by atoms with Crippen molar-refractivity contribution in [3.8, 4) is 11.1 Å². The second-order valence-corrected chi connectivity index (χ2v) is 7.55. The third-order valence-electron chi connectivity index (χ3n) is 5.51. The smallest absolute Gasteiger partial charge is 0.299 e. The second-order valence-electron chi connectivity index (χ2n) is 7.55. The van der Waals surface area contributed by atoms with E-state index >= 15 is 0 Å². The zero-order valence-corrected chi connectivity index (χ0v) is 16.6. The molecule has 4 rings (SSSR count). The van der Waals surface area contributed by atoms with E-state index < -0.39 is 11.7 Å². The Kier molecular flexibility index (Phi) is 6.00. The zero-order chi connectivity index (χ0) is 21.0. The van der Waals surface area contributed by atoms with Crippen LogP contribution in [0.5, 0.6) is 0 Å². The van der Waals surface area contributed by atoms with Gasteiger partial charge >= 0.3 is 6.18 Å². The number of pyridine rings is 1. The lowest BCUT2D eigenvalue weighted by molar-refractivity contribution is -0.137. The number of hydrogen-bond donors (Lipinski definition) is 0. The lowest BCUT2D eigenvalue weighted by atomic mass is 9.98. The maximum Gasteiger partial charge on any atom is 0.416 e. The molecule has 154 valence electrons. The first-order valence-corrected chi connectivity index (χ1v) is 10.1. The molecule has 3 aromatic rings. The molecule has 1 aromatic heterocycles. The molecule has 0 fully saturated rings. The van der Waals surface area contributed by atoms with E-state index in [-0.39, 0.29) is 0 Å². The van der Waals surface area contributed by atoms with Gasteiger partial charge in [-0.25, -0.2) is 0 Å². The molecule has 2 aromatic carbocycles. The predicted octanol–water partition coefficient (Wildman–Crippen LogP) is 6.10. The average molecular weight is 408 g/mol. The summed E-state index contributed by atoms with van der Waals surface area (Å²) in [5, 5.41) is 0. The maximum absolute atomic E-state index is 12.7. The van der Waals surface area contributed by atoms with E-state index in [4.69, 9.17) is 0 Å². The average Bonchev–Trinajstić information content (AvgIpc) is 2.78. The fourth-order valence-corrected chi connectivity index (χ4v) is 3.78. The van der Waals surface area contributed by atoms with Crippen molar-refractivity contribution in [2.24, 2.45) is 0 Å². The monoisotopic (exact) mass is 408 g/mol. The number of rotatable bonds is 5. The van der Waals surface area contributed by atoms with Gasteiger partial charge in [-0.05, 0) is 58.9 Å². The van der Waals surface area contributed by atoms with E-state index in [1.165, 1.54) is 11.1 Å². The quantitative estimate of drug-likeness (QED) is 0.507. The van der Waals surface area contributed by atoms with Crippen LogP contribution in [0.1, 0.15) is 23.1 Å². The number of benzene rings is 2. The van der Waals surface area contributed by atoms with Crippen LogP contribution in [0, 0.1) is 0 Å². The molecule has 0 saturated carbocycles. The normalized spacial score (nSPS) is 15.1. The summed E-state index contributed by atoms with van der Waals surface area (Å²) >= 11 is 0. The topological polar surface area (TPSA) is 16.1 Å². The van der Waals surface area contributed by atoms with E-state index in [0.29, 0.717) is 0 Å². The highest BCUT2D eigenvalue weighted by Gasteiger charge is 2.30. The third kappa shape index (κ3) is 4.97. The van der Waals surface area contributed by atoms with Crippen molar-refractivity contribution in [2.75, 3.05) is 19.6 Å². The summed E-state index contributed by atoms with van der Waals surface area (Å²) in [7, 11) is 0. The Balaban J connectivity index is 1.34. The van der Waals surface area contributed by atoms with Crippen molar-refractivity contribution < 1.29 is 13.2 Å². The highest BCUT2D eigenvalue weighted by atomic mass is 19.4. The van der Waals surface area contributed by atoms with Gasteiger partial charge in [-0.3, -0.25) is 9.88 Å². The van der Waals surface area contributed by atoms with E-state index in [2.05, 4.69) is 46.3 Å². The molecule has 5 heteroatoms. The van der Waals surface area contributed by atoms with Crippen LogP contribution >= 0.6 is 0 Å². The van der Waals surface area contributed by atoms with Gasteiger partial charge < -0.3 is 0 Å². The molecule has 1 aliphatic heterocycles. The predicted molar refractivity (Wildman–Crippen MR) is 114 cm³/mol. The Bertz CT molecular complexity index is 1010. The number of halogens is 3. The first-order valence-electron chi connectivity index (χ1n) is 10.1. The molecular weight excluding hydrogens is 385 g/mol. The van der Waals surface area contributed by atoms with Gasteiger partial charge in [0.15, 0.2) is 0 Å². The number of nitrogens with zero attached hydrogens (tertiary/aromatic N) is 2. The summed E-state index contributed by atoms with van der Waals surface area (Å²) in [6.45, 7) is 2.68. The summed E-state index contributed by atoms with van der Waals surface area (Å²) in [6, 6.07) is 18.0. The molecule has 0 amide bonds. The molecule has 2 heterocycles. The molecule has 0 bridgehead atoms. The fraction of sp³-hybridized carbons (Fsp3) is 0.240. The van der Waals surface area contributed by atoms with Crippen LogP contribution in [-0.4, -0.2) is 29.5 Å². The molecule has 0 spiro atoms. The van der Waals surface area contributed by atoms with Gasteiger partial charge in [-0.1, -0.05) is 48.5 Å². The van der Waals surface area contributed by atoms with Gasteiger partial charge in [0.25, 0.3) is 0 Å². The van der Waals surface area contributed by atoms with Crippen LogP contribution in [-0.2, 0) is 12.6 Å². The molecule has 30 heavy (non-hydrogen) atoms. The molecule has 0 aliphatic carbocycles. The Labute approximate surface area is 174 Å². The molecule has 1 aliphatic rings. The van der Waals surface area contributed by atoms with E-state index in [1.807, 2.05) is 12.3 Å². The maximum atomic E-state index is 12.7. The van der Waals surface area contributed by atoms with Gasteiger partial charge in [-0.15, -0.1) is 0 Å². The minimum Gasteiger partial charge on any atom is -0.299 e. The van der Waals surface area contributed by atoms with Gasteiger partial charge in [0.2, 0.25) is 0 Å². The summed E-state index contributed by atoms with van der Waals surface area (Å²) in [5.74, 6) is 0. The van der Waals surface area contributed by atoms with Crippen LogP contribution < -0.4 is 0 Å². The summed E-state index contributed by atoms with van der Waals surface area (Å²) in [6.07, 6.45) is 3.30. The highest BCUT2D eigenvalue weighted by Crippen LogP contribution is 2.31. The Morgan fingerprint density at radius 3 is 2.37 bits per heavy atom. The number of alkyl halides is 3. The Morgan fingerprint density at radius 1 is 0.900 bits per heavy atom. The highest BCUT2D eigenvalue weighted by molar-refractivity contribution is 5.67. The first kappa shape index (κ1) is 20.4. The summed E-state index contributed by atoms with van der Waals surface area (Å²) in [5.41, 5.74) is 4.97. The van der Waals surface area contributed by atoms with Crippen molar-refractivity contribution in [2.45, 2.75) is 19.0 Å². The number of hydrogen-bond acceptors (Lipinski definition) is 2. The van der Waals surface area contributed by atoms with Crippen molar-refractivity contribution in [1.29, 1.82) is 0 Å². The molecule has 0 atom stereocenters. The van der Waals surface area contributed by atoms with Gasteiger partial charge in [-0.2, -0.15) is 13.2 Å². The molecule has 0 N–H and O–H groups in total. The Hall–Kier alpha value is -2.92. The third-order valence-corrected chi connectivity index (χ3v) is 5.51. The molecule has 2 nitrogen and oxygen atoms in total. The van der Waals surface area contributed by atoms with Crippen LogP contribution in [0.25, 0.3) is 16.7 Å². The van der Waals surface area contributed by atoms with Crippen molar-refractivity contribution in [3.63, 3.8) is 0 Å². The summed E-state index contributed by atoms with van der Waals surface area (Å²) in [4.78, 5) is 6.57.